The Morgan fingerprint density at radius 2 is 1.82 bits per heavy atom. The predicted octanol–water partition coefficient (Wildman–Crippen LogP) is 5.18. The van der Waals surface area contributed by atoms with E-state index in [4.69, 9.17) is 0 Å². The molecule has 2 aromatic carbocycles. The first-order chi connectivity index (χ1) is 13.3. The molecule has 1 aliphatic heterocycles. The van der Waals surface area contributed by atoms with Crippen LogP contribution in [0.2, 0.25) is 0 Å². The highest BCUT2D eigenvalue weighted by Crippen LogP contribution is 2.36. The van der Waals surface area contributed by atoms with E-state index in [0.717, 1.165) is 40.4 Å². The van der Waals surface area contributed by atoms with E-state index in [1.54, 1.807) is 24.3 Å². The van der Waals surface area contributed by atoms with Gasteiger partial charge in [0.05, 0.1) is 10.4 Å². The van der Waals surface area contributed by atoms with E-state index in [1.165, 1.54) is 9.54 Å². The van der Waals surface area contributed by atoms with Crippen molar-refractivity contribution in [2.75, 3.05) is 20.1 Å². The van der Waals surface area contributed by atoms with E-state index in [2.05, 4.69) is 47.8 Å². The first kappa shape index (κ1) is 19.7. The molecule has 1 fully saturated rings. The van der Waals surface area contributed by atoms with E-state index >= 15 is 0 Å². The molecule has 0 spiro atoms. The van der Waals surface area contributed by atoms with E-state index < -0.39 is 10.0 Å². The molecule has 0 saturated carbocycles. The zero-order valence-corrected chi connectivity index (χ0v) is 18.8. The number of benzene rings is 2. The van der Waals surface area contributed by atoms with Crippen molar-refractivity contribution in [1.82, 2.24) is 8.87 Å². The quantitative estimate of drug-likeness (QED) is 0.538. The molecular weight excluding hydrogens is 436 g/mol. The Morgan fingerprint density at radius 3 is 2.43 bits per heavy atom. The summed E-state index contributed by atoms with van der Waals surface area (Å²) in [6.07, 6.45) is 2.91. The minimum Gasteiger partial charge on any atom is -0.306 e. The van der Waals surface area contributed by atoms with Crippen LogP contribution in [-0.4, -0.2) is 37.4 Å². The third-order valence-corrected chi connectivity index (χ3v) is 7.91. The van der Waals surface area contributed by atoms with Crippen LogP contribution in [0.25, 0.3) is 10.9 Å². The average molecular weight is 461 g/mol. The molecule has 0 amide bonds. The molecular formula is C22H25BrN2O2S. The number of aromatic nitrogens is 1. The Balaban J connectivity index is 1.92. The molecule has 4 nitrogen and oxygen atoms in total. The Morgan fingerprint density at radius 1 is 1.11 bits per heavy atom. The number of rotatable bonds is 4. The number of halogens is 1. The predicted molar refractivity (Wildman–Crippen MR) is 118 cm³/mol. The summed E-state index contributed by atoms with van der Waals surface area (Å²) < 4.78 is 29.2. The molecule has 0 bridgehead atoms. The molecule has 1 unspecified atom stereocenters. The summed E-state index contributed by atoms with van der Waals surface area (Å²) in [6, 6.07) is 13.0. The van der Waals surface area contributed by atoms with E-state index in [0.29, 0.717) is 16.7 Å². The maximum absolute atomic E-state index is 13.4. The van der Waals surface area contributed by atoms with Gasteiger partial charge in [0.2, 0.25) is 0 Å². The van der Waals surface area contributed by atoms with Gasteiger partial charge in [-0.15, -0.1) is 0 Å². The SMILES string of the molecule is CC(C)c1ccc2c(c1)c(C1CCN(C)C1)cn2S(=O)(=O)c1ccc(Br)cc1. The molecule has 0 radical (unpaired) electrons. The average Bonchev–Trinajstić information content (AvgIpc) is 3.25. The maximum Gasteiger partial charge on any atom is 0.268 e. The lowest BCUT2D eigenvalue weighted by atomic mass is 9.95. The number of likely N-dealkylation sites (N-methyl/N-ethyl adjacent to an activating group) is 1. The van der Waals surface area contributed by atoms with Gasteiger partial charge >= 0.3 is 0 Å². The smallest absolute Gasteiger partial charge is 0.268 e. The fourth-order valence-electron chi connectivity index (χ4n) is 4.03. The highest BCUT2D eigenvalue weighted by atomic mass is 79.9. The summed E-state index contributed by atoms with van der Waals surface area (Å²) >= 11 is 3.38. The molecule has 0 aliphatic carbocycles. The van der Waals surface area contributed by atoms with Gasteiger partial charge in [-0.2, -0.15) is 0 Å². The summed E-state index contributed by atoms with van der Waals surface area (Å²) in [5, 5.41) is 1.06. The zero-order chi connectivity index (χ0) is 20.1. The first-order valence-electron chi connectivity index (χ1n) is 9.62. The maximum atomic E-state index is 13.4. The third-order valence-electron chi connectivity index (χ3n) is 5.69. The number of hydrogen-bond donors (Lipinski definition) is 0. The van der Waals surface area contributed by atoms with E-state index in [-0.39, 0.29) is 0 Å². The molecule has 148 valence electrons. The minimum absolute atomic E-state index is 0.302. The van der Waals surface area contributed by atoms with Crippen molar-refractivity contribution in [3.8, 4) is 0 Å². The van der Waals surface area contributed by atoms with Crippen molar-refractivity contribution in [2.45, 2.75) is 37.0 Å². The number of nitrogens with zero attached hydrogens (tertiary/aromatic N) is 2. The summed E-state index contributed by atoms with van der Waals surface area (Å²) in [5.74, 6) is 0.756. The Hall–Kier alpha value is -1.63. The molecule has 1 aliphatic rings. The standard InChI is InChI=1S/C22H25BrN2O2S/c1-15(2)16-4-9-22-20(12-16)21(17-10-11-24(3)13-17)14-25(22)28(26,27)19-7-5-18(23)6-8-19/h4-9,12,14-15,17H,10-11,13H2,1-3H3. The Bertz CT molecular complexity index is 1120. The van der Waals surface area contributed by atoms with Gasteiger partial charge in [-0.05, 0) is 79.4 Å². The van der Waals surface area contributed by atoms with Crippen LogP contribution in [0.15, 0.2) is 58.0 Å². The lowest BCUT2D eigenvalue weighted by Crippen LogP contribution is -2.13. The molecule has 0 N–H and O–H groups in total. The van der Waals surface area contributed by atoms with Gasteiger partial charge in [-0.1, -0.05) is 35.8 Å². The van der Waals surface area contributed by atoms with Crippen LogP contribution in [0.1, 0.15) is 43.2 Å². The molecule has 4 rings (SSSR count). The number of hydrogen-bond acceptors (Lipinski definition) is 3. The normalized spacial score (nSPS) is 18.4. The first-order valence-corrected chi connectivity index (χ1v) is 11.9. The molecule has 1 atom stereocenters. The molecule has 3 aromatic rings. The lowest BCUT2D eigenvalue weighted by Gasteiger charge is -2.11. The van der Waals surface area contributed by atoms with Gasteiger partial charge < -0.3 is 4.90 Å². The number of fused-ring (bicyclic) bond motifs is 1. The van der Waals surface area contributed by atoms with Crippen LogP contribution >= 0.6 is 15.9 Å². The van der Waals surface area contributed by atoms with Crippen molar-refractivity contribution >= 4 is 36.9 Å². The number of likely N-dealkylation sites (tertiary alicyclic amines) is 1. The zero-order valence-electron chi connectivity index (χ0n) is 16.4. The molecule has 28 heavy (non-hydrogen) atoms. The van der Waals surface area contributed by atoms with Crippen LogP contribution in [-0.2, 0) is 10.0 Å². The summed E-state index contributed by atoms with van der Waals surface area (Å²) in [5.41, 5.74) is 3.14. The highest BCUT2D eigenvalue weighted by molar-refractivity contribution is 9.10. The summed E-state index contributed by atoms with van der Waals surface area (Å²) in [7, 11) is -1.53. The van der Waals surface area contributed by atoms with Crippen molar-refractivity contribution in [2.24, 2.45) is 0 Å². The summed E-state index contributed by atoms with van der Waals surface area (Å²) in [6.45, 7) is 6.34. The van der Waals surface area contributed by atoms with Gasteiger partial charge in [0.1, 0.15) is 0 Å². The van der Waals surface area contributed by atoms with Crippen LogP contribution in [0.4, 0.5) is 0 Å². The fraction of sp³-hybridized carbons (Fsp3) is 0.364. The van der Waals surface area contributed by atoms with Crippen molar-refractivity contribution in [1.29, 1.82) is 0 Å². The van der Waals surface area contributed by atoms with Crippen LogP contribution in [0.5, 0.6) is 0 Å². The fourth-order valence-corrected chi connectivity index (χ4v) is 5.68. The van der Waals surface area contributed by atoms with Crippen LogP contribution in [0, 0.1) is 0 Å². The molecule has 1 aromatic heterocycles. The summed E-state index contributed by atoms with van der Waals surface area (Å²) in [4.78, 5) is 2.61. The second kappa shape index (κ2) is 7.32. The topological polar surface area (TPSA) is 42.3 Å². The van der Waals surface area contributed by atoms with Gasteiger partial charge in [0.25, 0.3) is 10.0 Å². The monoisotopic (exact) mass is 460 g/mol. The van der Waals surface area contributed by atoms with Crippen molar-refractivity contribution in [3.05, 3.63) is 64.3 Å². The second-order valence-electron chi connectivity index (χ2n) is 8.02. The lowest BCUT2D eigenvalue weighted by molar-refractivity contribution is 0.412. The van der Waals surface area contributed by atoms with Gasteiger partial charge in [-0.3, -0.25) is 0 Å². The van der Waals surface area contributed by atoms with Crippen LogP contribution in [0.3, 0.4) is 0 Å². The molecule has 2 heterocycles. The van der Waals surface area contributed by atoms with Crippen LogP contribution < -0.4 is 0 Å². The van der Waals surface area contributed by atoms with Crippen molar-refractivity contribution in [3.63, 3.8) is 0 Å². The van der Waals surface area contributed by atoms with Gasteiger partial charge in [0.15, 0.2) is 0 Å². The van der Waals surface area contributed by atoms with E-state index in [9.17, 15) is 8.42 Å². The van der Waals surface area contributed by atoms with Crippen molar-refractivity contribution < 1.29 is 8.42 Å². The van der Waals surface area contributed by atoms with E-state index in [1.807, 2.05) is 18.3 Å². The highest BCUT2D eigenvalue weighted by Gasteiger charge is 2.28. The second-order valence-corrected chi connectivity index (χ2v) is 10.7. The van der Waals surface area contributed by atoms with Gasteiger partial charge in [0, 0.05) is 22.6 Å². The van der Waals surface area contributed by atoms with Gasteiger partial charge in [-0.25, -0.2) is 12.4 Å². The molecule has 6 heteroatoms. The Kier molecular flexibility index (Phi) is 5.14. The third kappa shape index (κ3) is 3.42. The Labute approximate surface area is 175 Å². The minimum atomic E-state index is -3.66. The largest absolute Gasteiger partial charge is 0.306 e. The molecule has 1 saturated heterocycles.